The zero-order chi connectivity index (χ0) is 15.5. The minimum atomic E-state index is 0.617. The van der Waals surface area contributed by atoms with Gasteiger partial charge in [0.2, 0.25) is 0 Å². The number of hydrogen-bond donors (Lipinski definition) is 0. The second-order valence-corrected chi connectivity index (χ2v) is 6.60. The fourth-order valence-corrected chi connectivity index (χ4v) is 3.14. The summed E-state index contributed by atoms with van der Waals surface area (Å²) >= 11 is 0. The van der Waals surface area contributed by atoms with E-state index in [2.05, 4.69) is 9.88 Å². The fourth-order valence-electron chi connectivity index (χ4n) is 3.14. The Kier molecular flexibility index (Phi) is 4.14. The molecule has 1 aliphatic heterocycles. The number of rotatable bonds is 5. The Morgan fingerprint density at radius 3 is 2.52 bits per heavy atom. The monoisotopic (exact) mass is 309 g/mol. The molecule has 0 spiro atoms. The van der Waals surface area contributed by atoms with Crippen LogP contribution in [-0.4, -0.2) is 29.7 Å². The summed E-state index contributed by atoms with van der Waals surface area (Å²) in [4.78, 5) is 11.6. The maximum Gasteiger partial charge on any atom is 0.133 e. The third-order valence-corrected chi connectivity index (χ3v) is 4.77. The average Bonchev–Trinajstić information content (AvgIpc) is 3.47. The van der Waals surface area contributed by atoms with Crippen molar-refractivity contribution in [3.05, 3.63) is 48.4 Å². The number of para-hydroxylation sites is 1. The predicted octanol–water partition coefficient (Wildman–Crippen LogP) is 3.65. The zero-order valence-corrected chi connectivity index (χ0v) is 13.4. The Labute approximate surface area is 137 Å². The molecule has 0 amide bonds. The Morgan fingerprint density at radius 1 is 1.00 bits per heavy atom. The van der Waals surface area contributed by atoms with Gasteiger partial charge in [0, 0.05) is 25.2 Å². The Balaban J connectivity index is 1.29. The van der Waals surface area contributed by atoms with Gasteiger partial charge in [0.05, 0.1) is 6.61 Å². The van der Waals surface area contributed by atoms with Crippen LogP contribution in [0.3, 0.4) is 0 Å². The molecule has 2 heterocycles. The lowest BCUT2D eigenvalue weighted by molar-refractivity contribution is 0.222. The fraction of sp³-hybridized carbons (Fsp3) is 0.474. The van der Waals surface area contributed by atoms with E-state index in [1.54, 1.807) is 0 Å². The molecule has 120 valence electrons. The number of nitrogens with zero attached hydrogens (tertiary/aromatic N) is 3. The normalized spacial score (nSPS) is 18.9. The molecule has 4 rings (SSSR count). The molecule has 4 nitrogen and oxygen atoms in total. The smallest absolute Gasteiger partial charge is 0.133 e. The number of aromatic nitrogens is 2. The molecule has 0 atom stereocenters. The molecule has 1 aromatic carbocycles. The van der Waals surface area contributed by atoms with Crippen molar-refractivity contribution < 1.29 is 4.74 Å². The molecule has 0 unspecified atom stereocenters. The molecule has 1 aliphatic carbocycles. The van der Waals surface area contributed by atoms with E-state index in [1.165, 1.54) is 12.8 Å². The van der Waals surface area contributed by atoms with E-state index >= 15 is 0 Å². The second kappa shape index (κ2) is 6.57. The van der Waals surface area contributed by atoms with Gasteiger partial charge in [0.15, 0.2) is 0 Å². The second-order valence-electron chi connectivity index (χ2n) is 6.60. The highest BCUT2D eigenvalue weighted by molar-refractivity contribution is 5.38. The zero-order valence-electron chi connectivity index (χ0n) is 13.4. The summed E-state index contributed by atoms with van der Waals surface area (Å²) in [5, 5.41) is 0. The van der Waals surface area contributed by atoms with Gasteiger partial charge < -0.3 is 9.64 Å². The lowest BCUT2D eigenvalue weighted by Crippen LogP contribution is -2.36. The number of piperidine rings is 1. The van der Waals surface area contributed by atoms with Gasteiger partial charge >= 0.3 is 0 Å². The molecule has 1 saturated heterocycles. The molecule has 0 radical (unpaired) electrons. The number of benzene rings is 1. The van der Waals surface area contributed by atoms with E-state index in [0.29, 0.717) is 11.8 Å². The molecule has 2 aromatic rings. The van der Waals surface area contributed by atoms with E-state index < -0.39 is 0 Å². The van der Waals surface area contributed by atoms with Gasteiger partial charge in [0.25, 0.3) is 0 Å². The van der Waals surface area contributed by atoms with Gasteiger partial charge in [-0.15, -0.1) is 0 Å². The molecular weight excluding hydrogens is 286 g/mol. The van der Waals surface area contributed by atoms with Gasteiger partial charge in [-0.25, -0.2) is 9.97 Å². The minimum Gasteiger partial charge on any atom is -0.493 e. The van der Waals surface area contributed by atoms with Gasteiger partial charge in [0.1, 0.15) is 17.4 Å². The molecule has 23 heavy (non-hydrogen) atoms. The first kappa shape index (κ1) is 14.5. The summed E-state index contributed by atoms with van der Waals surface area (Å²) in [6.07, 6.45) is 6.75. The molecular formula is C19H23N3O. The highest BCUT2D eigenvalue weighted by Crippen LogP contribution is 2.38. The van der Waals surface area contributed by atoms with Crippen molar-refractivity contribution in [3.8, 4) is 5.75 Å². The van der Waals surface area contributed by atoms with Crippen LogP contribution in [-0.2, 0) is 0 Å². The predicted molar refractivity (Wildman–Crippen MR) is 90.9 cm³/mol. The van der Waals surface area contributed by atoms with Crippen molar-refractivity contribution in [3.63, 3.8) is 0 Å². The first-order chi connectivity index (χ1) is 11.4. The molecule has 2 fully saturated rings. The third kappa shape index (κ3) is 3.63. The van der Waals surface area contributed by atoms with Gasteiger partial charge in [-0.2, -0.15) is 0 Å². The van der Waals surface area contributed by atoms with Crippen molar-refractivity contribution in [1.82, 2.24) is 9.97 Å². The first-order valence-corrected chi connectivity index (χ1v) is 8.64. The van der Waals surface area contributed by atoms with Crippen LogP contribution in [0.1, 0.15) is 37.4 Å². The summed E-state index contributed by atoms with van der Waals surface area (Å²) in [7, 11) is 0. The quantitative estimate of drug-likeness (QED) is 0.845. The van der Waals surface area contributed by atoms with E-state index in [0.717, 1.165) is 49.9 Å². The van der Waals surface area contributed by atoms with Crippen molar-refractivity contribution in [2.24, 2.45) is 5.92 Å². The van der Waals surface area contributed by atoms with Gasteiger partial charge in [-0.3, -0.25) is 0 Å². The molecule has 0 bridgehead atoms. The summed E-state index contributed by atoms with van der Waals surface area (Å²) in [5.74, 6) is 4.36. The average molecular weight is 309 g/mol. The summed E-state index contributed by atoms with van der Waals surface area (Å²) in [6, 6.07) is 12.1. The standard InChI is InChI=1S/C19H23N3O/c1-2-4-17(5-3-1)23-14-15-9-12-22(13-10-15)18-8-11-20-19(21-18)16-6-7-16/h1-5,8,11,15-16H,6-7,9-10,12-14H2. The minimum absolute atomic E-state index is 0.617. The molecule has 1 aromatic heterocycles. The highest BCUT2D eigenvalue weighted by atomic mass is 16.5. The number of anilines is 1. The first-order valence-electron chi connectivity index (χ1n) is 8.64. The lowest BCUT2D eigenvalue weighted by Gasteiger charge is -2.32. The van der Waals surface area contributed by atoms with Crippen molar-refractivity contribution >= 4 is 5.82 Å². The molecule has 2 aliphatic rings. The maximum absolute atomic E-state index is 5.90. The third-order valence-electron chi connectivity index (χ3n) is 4.77. The van der Waals surface area contributed by atoms with Crippen LogP contribution >= 0.6 is 0 Å². The Hall–Kier alpha value is -2.10. The summed E-state index contributed by atoms with van der Waals surface area (Å²) in [5.41, 5.74) is 0. The van der Waals surface area contributed by atoms with Gasteiger partial charge in [-0.1, -0.05) is 18.2 Å². The SMILES string of the molecule is c1ccc(OCC2CCN(c3ccnc(C4CC4)n3)CC2)cc1. The van der Waals surface area contributed by atoms with Crippen LogP contribution in [0.5, 0.6) is 5.75 Å². The van der Waals surface area contributed by atoms with Crippen LogP contribution in [0, 0.1) is 5.92 Å². The topological polar surface area (TPSA) is 38.2 Å². The number of hydrogen-bond acceptors (Lipinski definition) is 4. The van der Waals surface area contributed by atoms with Crippen LogP contribution in [0.15, 0.2) is 42.6 Å². The van der Waals surface area contributed by atoms with Crippen LogP contribution in [0.25, 0.3) is 0 Å². The summed E-state index contributed by atoms with van der Waals surface area (Å²) in [6.45, 7) is 2.93. The van der Waals surface area contributed by atoms with Crippen molar-refractivity contribution in [2.45, 2.75) is 31.6 Å². The van der Waals surface area contributed by atoms with Gasteiger partial charge in [-0.05, 0) is 49.8 Å². The van der Waals surface area contributed by atoms with Crippen molar-refractivity contribution in [1.29, 1.82) is 0 Å². The molecule has 0 N–H and O–H groups in total. The Morgan fingerprint density at radius 2 is 1.78 bits per heavy atom. The van der Waals surface area contributed by atoms with E-state index in [4.69, 9.17) is 9.72 Å². The van der Waals surface area contributed by atoms with E-state index in [-0.39, 0.29) is 0 Å². The maximum atomic E-state index is 5.90. The van der Waals surface area contributed by atoms with Crippen LogP contribution < -0.4 is 9.64 Å². The molecule has 4 heteroatoms. The van der Waals surface area contributed by atoms with E-state index in [9.17, 15) is 0 Å². The van der Waals surface area contributed by atoms with Crippen LogP contribution in [0.4, 0.5) is 5.82 Å². The van der Waals surface area contributed by atoms with E-state index in [1.807, 2.05) is 42.6 Å². The molecule has 1 saturated carbocycles. The largest absolute Gasteiger partial charge is 0.493 e. The highest BCUT2D eigenvalue weighted by Gasteiger charge is 2.27. The van der Waals surface area contributed by atoms with Crippen molar-refractivity contribution in [2.75, 3.05) is 24.6 Å². The van der Waals surface area contributed by atoms with Crippen LogP contribution in [0.2, 0.25) is 0 Å². The number of ether oxygens (including phenoxy) is 1. The lowest BCUT2D eigenvalue weighted by atomic mass is 9.98. The summed E-state index contributed by atoms with van der Waals surface area (Å²) < 4.78 is 5.90. The Bertz CT molecular complexity index is 634.